The number of methoxy groups -OCH3 is 1. The van der Waals surface area contributed by atoms with Crippen molar-refractivity contribution in [3.05, 3.63) is 32.3 Å². The molecular weight excluding hydrogens is 310 g/mol. The molecule has 0 aliphatic rings. The van der Waals surface area contributed by atoms with Crippen LogP contribution in [0.25, 0.3) is 0 Å². The fourth-order valence-electron chi connectivity index (χ4n) is 2.03. The van der Waals surface area contributed by atoms with Crippen LogP contribution in [0.5, 0.6) is 5.75 Å². The Morgan fingerprint density at radius 3 is 2.67 bits per heavy atom. The summed E-state index contributed by atoms with van der Waals surface area (Å²) in [5, 5.41) is 14.2. The lowest BCUT2D eigenvalue weighted by Gasteiger charge is -2.03. The lowest BCUT2D eigenvalue weighted by molar-refractivity contribution is 0.0697. The highest BCUT2D eigenvalue weighted by Crippen LogP contribution is 2.34. The molecular formula is C14H15NO4S2. The fraction of sp³-hybridized carbons (Fsp3) is 0.286. The third kappa shape index (κ3) is 3.08. The monoisotopic (exact) mass is 325 g/mol. The number of rotatable bonds is 5. The summed E-state index contributed by atoms with van der Waals surface area (Å²) in [6.07, 6.45) is 0.618. The maximum Gasteiger partial charge on any atom is 0.339 e. The number of carbonyl (C=O) groups excluding carboxylic acids is 1. The molecule has 21 heavy (non-hydrogen) atoms. The highest BCUT2D eigenvalue weighted by Gasteiger charge is 2.22. The van der Waals surface area contributed by atoms with Crippen molar-refractivity contribution < 1.29 is 19.4 Å². The lowest BCUT2D eigenvalue weighted by atomic mass is 10.1. The van der Waals surface area contributed by atoms with Crippen LogP contribution in [-0.2, 0) is 6.42 Å². The van der Waals surface area contributed by atoms with Crippen LogP contribution in [0.3, 0.4) is 0 Å². The van der Waals surface area contributed by atoms with Gasteiger partial charge in [0.15, 0.2) is 0 Å². The van der Waals surface area contributed by atoms with Gasteiger partial charge in [0.25, 0.3) is 5.91 Å². The van der Waals surface area contributed by atoms with Crippen molar-refractivity contribution >= 4 is 39.6 Å². The van der Waals surface area contributed by atoms with Gasteiger partial charge in [-0.25, -0.2) is 4.79 Å². The second kappa shape index (κ2) is 6.28. The Hall–Kier alpha value is -1.86. The number of carboxylic acids is 1. The number of ether oxygens (including phenoxy) is 1. The minimum atomic E-state index is -1.02. The molecule has 2 rings (SSSR count). The SMILES string of the molecule is CCc1c(C)sc(NC(=O)c2cc(OC)cs2)c1C(=O)O. The Labute approximate surface area is 130 Å². The van der Waals surface area contributed by atoms with Gasteiger partial charge in [-0.1, -0.05) is 6.92 Å². The number of amides is 1. The van der Waals surface area contributed by atoms with E-state index in [0.29, 0.717) is 22.0 Å². The molecule has 0 saturated carbocycles. The van der Waals surface area contributed by atoms with Crippen molar-refractivity contribution in [3.8, 4) is 5.75 Å². The summed E-state index contributed by atoms with van der Waals surface area (Å²) in [5.41, 5.74) is 0.962. The number of carbonyl (C=O) groups is 2. The van der Waals surface area contributed by atoms with E-state index in [-0.39, 0.29) is 11.5 Å². The number of aryl methyl sites for hydroxylation is 1. The summed E-state index contributed by atoms with van der Waals surface area (Å²) >= 11 is 2.54. The molecule has 0 bridgehead atoms. The van der Waals surface area contributed by atoms with E-state index in [1.807, 2.05) is 13.8 Å². The fourth-order valence-corrected chi connectivity index (χ4v) is 3.91. The van der Waals surface area contributed by atoms with Crippen LogP contribution in [0.4, 0.5) is 5.00 Å². The third-order valence-corrected chi connectivity index (χ3v) is 5.01. The van der Waals surface area contributed by atoms with E-state index in [9.17, 15) is 14.7 Å². The Morgan fingerprint density at radius 1 is 1.43 bits per heavy atom. The zero-order valence-corrected chi connectivity index (χ0v) is 13.5. The van der Waals surface area contributed by atoms with Gasteiger partial charge < -0.3 is 15.2 Å². The molecule has 0 saturated heterocycles. The van der Waals surface area contributed by atoms with Crippen LogP contribution < -0.4 is 10.1 Å². The van der Waals surface area contributed by atoms with Gasteiger partial charge in [-0.15, -0.1) is 22.7 Å². The maximum atomic E-state index is 12.2. The molecule has 2 aromatic heterocycles. The molecule has 0 atom stereocenters. The maximum absolute atomic E-state index is 12.2. The Morgan fingerprint density at radius 2 is 2.14 bits per heavy atom. The van der Waals surface area contributed by atoms with Gasteiger partial charge in [-0.3, -0.25) is 4.79 Å². The van der Waals surface area contributed by atoms with Crippen LogP contribution in [0.1, 0.15) is 37.4 Å². The molecule has 0 aliphatic carbocycles. The van der Waals surface area contributed by atoms with Gasteiger partial charge in [0.2, 0.25) is 0 Å². The van der Waals surface area contributed by atoms with E-state index in [1.165, 1.54) is 29.8 Å². The molecule has 0 spiro atoms. The quantitative estimate of drug-likeness (QED) is 0.880. The van der Waals surface area contributed by atoms with E-state index in [1.54, 1.807) is 11.4 Å². The van der Waals surface area contributed by atoms with Crippen molar-refractivity contribution in [1.29, 1.82) is 0 Å². The van der Waals surface area contributed by atoms with Gasteiger partial charge in [-0.2, -0.15) is 0 Å². The Bertz CT molecular complexity index is 687. The summed E-state index contributed by atoms with van der Waals surface area (Å²) in [6, 6.07) is 1.63. The molecule has 0 aromatic carbocycles. The number of hydrogen-bond acceptors (Lipinski definition) is 5. The predicted octanol–water partition coefficient (Wildman–Crippen LogP) is 3.64. The van der Waals surface area contributed by atoms with Gasteiger partial charge in [-0.05, 0) is 18.9 Å². The zero-order valence-electron chi connectivity index (χ0n) is 11.9. The first-order valence-electron chi connectivity index (χ1n) is 6.27. The van der Waals surface area contributed by atoms with Crippen molar-refractivity contribution in [2.24, 2.45) is 0 Å². The Balaban J connectivity index is 2.31. The minimum absolute atomic E-state index is 0.192. The number of carboxylic acid groups (broad SMARTS) is 1. The van der Waals surface area contributed by atoms with E-state index >= 15 is 0 Å². The average Bonchev–Trinajstić information content (AvgIpc) is 3.02. The van der Waals surface area contributed by atoms with Gasteiger partial charge in [0, 0.05) is 16.3 Å². The summed E-state index contributed by atoms with van der Waals surface area (Å²) in [6.45, 7) is 3.76. The zero-order chi connectivity index (χ0) is 15.6. The smallest absolute Gasteiger partial charge is 0.339 e. The van der Waals surface area contributed by atoms with E-state index < -0.39 is 5.97 Å². The number of aromatic carboxylic acids is 1. The minimum Gasteiger partial charge on any atom is -0.496 e. The number of hydrogen-bond donors (Lipinski definition) is 2. The van der Waals surface area contributed by atoms with Crippen molar-refractivity contribution in [2.45, 2.75) is 20.3 Å². The molecule has 2 heterocycles. The average molecular weight is 325 g/mol. The summed E-state index contributed by atoms with van der Waals surface area (Å²) < 4.78 is 5.04. The highest BCUT2D eigenvalue weighted by molar-refractivity contribution is 7.17. The first-order chi connectivity index (χ1) is 9.97. The van der Waals surface area contributed by atoms with Crippen LogP contribution in [-0.4, -0.2) is 24.1 Å². The van der Waals surface area contributed by atoms with Crippen molar-refractivity contribution in [2.75, 3.05) is 12.4 Å². The summed E-state index contributed by atoms with van der Waals surface area (Å²) in [4.78, 5) is 25.0. The Kier molecular flexibility index (Phi) is 4.64. The van der Waals surface area contributed by atoms with Crippen LogP contribution in [0, 0.1) is 6.92 Å². The molecule has 112 valence electrons. The first-order valence-corrected chi connectivity index (χ1v) is 7.97. The highest BCUT2D eigenvalue weighted by atomic mass is 32.1. The van der Waals surface area contributed by atoms with Gasteiger partial charge in [0.05, 0.1) is 17.6 Å². The topological polar surface area (TPSA) is 75.6 Å². The predicted molar refractivity (Wildman–Crippen MR) is 84.2 cm³/mol. The molecule has 0 unspecified atom stereocenters. The van der Waals surface area contributed by atoms with Crippen molar-refractivity contribution in [3.63, 3.8) is 0 Å². The van der Waals surface area contributed by atoms with E-state index in [2.05, 4.69) is 5.32 Å². The molecule has 2 aromatic rings. The molecule has 5 nitrogen and oxygen atoms in total. The normalized spacial score (nSPS) is 10.4. The second-order valence-corrected chi connectivity index (χ2v) is 6.44. The summed E-state index contributed by atoms with van der Waals surface area (Å²) in [7, 11) is 1.53. The molecule has 2 N–H and O–H groups in total. The lowest BCUT2D eigenvalue weighted by Crippen LogP contribution is -2.12. The first kappa shape index (κ1) is 15.5. The standard InChI is InChI=1S/C14H15NO4S2/c1-4-9-7(2)21-13(11(9)14(17)18)15-12(16)10-5-8(19-3)6-20-10/h5-6H,4H2,1-3H3,(H,15,16)(H,17,18). The van der Waals surface area contributed by atoms with Gasteiger partial charge >= 0.3 is 5.97 Å². The number of thiophene rings is 2. The van der Waals surface area contributed by atoms with Crippen LogP contribution in [0.2, 0.25) is 0 Å². The second-order valence-electron chi connectivity index (χ2n) is 4.30. The molecule has 7 heteroatoms. The number of nitrogens with one attached hydrogen (secondary N) is 1. The molecule has 0 aliphatic heterocycles. The van der Waals surface area contributed by atoms with E-state index in [4.69, 9.17) is 4.74 Å². The number of anilines is 1. The molecule has 0 radical (unpaired) electrons. The largest absolute Gasteiger partial charge is 0.496 e. The van der Waals surface area contributed by atoms with Crippen molar-refractivity contribution in [1.82, 2.24) is 0 Å². The third-order valence-electron chi connectivity index (χ3n) is 3.04. The van der Waals surface area contributed by atoms with Crippen LogP contribution in [0.15, 0.2) is 11.4 Å². The van der Waals surface area contributed by atoms with E-state index in [0.717, 1.165) is 10.4 Å². The summed E-state index contributed by atoms with van der Waals surface area (Å²) in [5.74, 6) is -0.731. The molecule has 0 fully saturated rings. The van der Waals surface area contributed by atoms with Gasteiger partial charge in [0.1, 0.15) is 10.8 Å². The van der Waals surface area contributed by atoms with Crippen LogP contribution >= 0.6 is 22.7 Å². The molecule has 1 amide bonds.